The maximum absolute atomic E-state index is 13.2. The van der Waals surface area contributed by atoms with Crippen molar-refractivity contribution < 1.29 is 13.7 Å². The van der Waals surface area contributed by atoms with Crippen LogP contribution in [0.15, 0.2) is 34.2 Å². The lowest BCUT2D eigenvalue weighted by Gasteiger charge is -2.18. The van der Waals surface area contributed by atoms with E-state index in [0.717, 1.165) is 15.7 Å². The van der Waals surface area contributed by atoms with Crippen molar-refractivity contribution in [2.45, 2.75) is 32.0 Å². The maximum Gasteiger partial charge on any atom is 0.336 e. The first-order valence-electron chi connectivity index (χ1n) is 10.5. The van der Waals surface area contributed by atoms with E-state index in [-0.39, 0.29) is 47.3 Å². The minimum absolute atomic E-state index is 0.0307. The molecule has 178 valence electrons. The summed E-state index contributed by atoms with van der Waals surface area (Å²) in [6.07, 6.45) is 0.486. The molecule has 11 nitrogen and oxygen atoms in total. The molecule has 3 aromatic rings. The highest BCUT2D eigenvalue weighted by molar-refractivity contribution is 7.92. The topological polar surface area (TPSA) is 150 Å². The number of aromatic nitrogens is 4. The van der Waals surface area contributed by atoms with E-state index in [2.05, 4.69) is 9.97 Å². The summed E-state index contributed by atoms with van der Waals surface area (Å²) in [7, 11) is -0.316. The Morgan fingerprint density at radius 1 is 1.30 bits per heavy atom. The number of H-pyrrole nitrogens is 1. The summed E-state index contributed by atoms with van der Waals surface area (Å²) in [5, 5.41) is 8.75. The van der Waals surface area contributed by atoms with Crippen LogP contribution in [0.5, 0.6) is 0 Å². The van der Waals surface area contributed by atoms with Crippen molar-refractivity contribution in [3.8, 4) is 0 Å². The summed E-state index contributed by atoms with van der Waals surface area (Å²) >= 11 is 0. The molecular weight excluding hydrogens is 446 g/mol. The van der Waals surface area contributed by atoms with Crippen LogP contribution in [0, 0.1) is 17.1 Å². The van der Waals surface area contributed by atoms with Crippen molar-refractivity contribution in [1.82, 2.24) is 24.0 Å². The fraction of sp³-hybridized carbons (Fsp3) is 0.429. The summed E-state index contributed by atoms with van der Waals surface area (Å²) in [6.45, 7) is 4.40. The van der Waals surface area contributed by atoms with Crippen LogP contribution in [0.3, 0.4) is 0 Å². The average molecular weight is 476 g/mol. The predicted octanol–water partition coefficient (Wildman–Crippen LogP) is 1.72. The van der Waals surface area contributed by atoms with Crippen LogP contribution in [0.4, 0.5) is 4.79 Å². The largest absolute Gasteiger partial charge is 0.383 e. The van der Waals surface area contributed by atoms with Crippen LogP contribution in [0.2, 0.25) is 0 Å². The summed E-state index contributed by atoms with van der Waals surface area (Å²) in [6, 6.07) is 6.92. The molecule has 0 aliphatic carbocycles. The molecule has 12 heteroatoms. The van der Waals surface area contributed by atoms with E-state index in [1.807, 2.05) is 38.1 Å². The molecule has 0 unspecified atom stereocenters. The summed E-state index contributed by atoms with van der Waals surface area (Å²) in [4.78, 5) is 33.8. The maximum atomic E-state index is 13.2. The van der Waals surface area contributed by atoms with Gasteiger partial charge in [0, 0.05) is 26.5 Å². The number of nitrogens with zero attached hydrogens (tertiary/aromatic N) is 4. The number of aromatic amines is 1. The third-order valence-electron chi connectivity index (χ3n) is 5.21. The highest BCUT2D eigenvalue weighted by Crippen LogP contribution is 2.15. The standard InChI is InChI=1S/C21H29N7O4S/c1-5-12-33(23,31)20-25-18-16(17(22)27(20)13-15-8-6-14(2)7-9-15)28(19(29)24-18)21(30)26(3)10-11-32-4/h6-9,22-23H,5,10-13H2,1-4H3,(H,24,29)/t33-/m0/s1. The van der Waals surface area contributed by atoms with E-state index in [9.17, 15) is 13.8 Å². The van der Waals surface area contributed by atoms with Crippen molar-refractivity contribution in [2.24, 2.45) is 0 Å². The highest BCUT2D eigenvalue weighted by atomic mass is 32.2. The number of hydrogen-bond donors (Lipinski definition) is 3. The Morgan fingerprint density at radius 2 is 1.97 bits per heavy atom. The zero-order chi connectivity index (χ0) is 24.3. The minimum Gasteiger partial charge on any atom is -0.383 e. The number of hydrogen-bond acceptors (Lipinski definition) is 7. The molecule has 0 radical (unpaired) electrons. The Balaban J connectivity index is 2.27. The molecule has 1 aromatic carbocycles. The number of aryl methyl sites for hydroxylation is 1. The van der Waals surface area contributed by atoms with Gasteiger partial charge in [-0.1, -0.05) is 36.8 Å². The van der Waals surface area contributed by atoms with E-state index in [1.165, 1.54) is 23.6 Å². The Labute approximate surface area is 191 Å². The average Bonchev–Trinajstić information content (AvgIpc) is 3.10. The molecule has 0 saturated carbocycles. The van der Waals surface area contributed by atoms with Crippen LogP contribution >= 0.6 is 0 Å². The van der Waals surface area contributed by atoms with Crippen LogP contribution < -0.4 is 11.2 Å². The number of ether oxygens (including phenoxy) is 1. The molecule has 0 saturated heterocycles. The van der Waals surface area contributed by atoms with Crippen LogP contribution in [-0.4, -0.2) is 67.3 Å². The van der Waals surface area contributed by atoms with Gasteiger partial charge in [-0.2, -0.15) is 0 Å². The Hall–Kier alpha value is -3.25. The lowest BCUT2D eigenvalue weighted by Crippen LogP contribution is -2.40. The van der Waals surface area contributed by atoms with Crippen molar-refractivity contribution in [2.75, 3.05) is 33.1 Å². The number of likely N-dealkylation sites (N-methyl/N-ethyl adjacent to an activating group) is 1. The van der Waals surface area contributed by atoms with Gasteiger partial charge in [0.2, 0.25) is 5.16 Å². The predicted molar refractivity (Wildman–Crippen MR) is 124 cm³/mol. The van der Waals surface area contributed by atoms with Gasteiger partial charge in [0.05, 0.1) is 13.2 Å². The van der Waals surface area contributed by atoms with Crippen molar-refractivity contribution >= 4 is 26.9 Å². The van der Waals surface area contributed by atoms with Gasteiger partial charge >= 0.3 is 11.7 Å². The first kappa shape index (κ1) is 24.4. The number of carbonyl (C=O) groups is 1. The number of rotatable bonds is 8. The second kappa shape index (κ2) is 9.71. The Kier molecular flexibility index (Phi) is 7.18. The molecule has 0 spiro atoms. The second-order valence-corrected chi connectivity index (χ2v) is 9.98. The smallest absolute Gasteiger partial charge is 0.336 e. The Bertz CT molecular complexity index is 1380. The van der Waals surface area contributed by atoms with Gasteiger partial charge in [-0.05, 0) is 18.9 Å². The van der Waals surface area contributed by atoms with Gasteiger partial charge in [0.25, 0.3) is 0 Å². The number of benzene rings is 1. The van der Waals surface area contributed by atoms with Gasteiger partial charge in [-0.15, -0.1) is 0 Å². The monoisotopic (exact) mass is 475 g/mol. The molecule has 2 aromatic heterocycles. The summed E-state index contributed by atoms with van der Waals surface area (Å²) in [5.41, 5.74) is 0.801. The molecule has 3 rings (SSSR count). The van der Waals surface area contributed by atoms with E-state index in [1.54, 1.807) is 0 Å². The zero-order valence-electron chi connectivity index (χ0n) is 19.2. The van der Waals surface area contributed by atoms with Crippen LogP contribution in [-0.2, 0) is 21.0 Å². The SMILES string of the molecule is CCC[S@](=N)(=O)c1nc2[nH]c(=O)n(C(=O)N(C)CCOC)c2c(=N)n1Cc1ccc(C)cc1. The molecule has 0 aliphatic heterocycles. The van der Waals surface area contributed by atoms with Gasteiger partial charge in [-0.3, -0.25) is 15.0 Å². The molecule has 0 aliphatic rings. The van der Waals surface area contributed by atoms with Crippen molar-refractivity contribution in [1.29, 1.82) is 10.2 Å². The summed E-state index contributed by atoms with van der Waals surface area (Å²) < 4.78 is 28.9. The molecule has 1 amide bonds. The molecular formula is C21H29N7O4S. The molecule has 0 bridgehead atoms. The third kappa shape index (κ3) is 4.91. The number of amides is 1. The second-order valence-electron chi connectivity index (χ2n) is 7.85. The third-order valence-corrected chi connectivity index (χ3v) is 7.09. The lowest BCUT2D eigenvalue weighted by atomic mass is 10.1. The van der Waals surface area contributed by atoms with Crippen molar-refractivity contribution in [3.05, 3.63) is 51.4 Å². The molecule has 0 fully saturated rings. The molecule has 1 atom stereocenters. The van der Waals surface area contributed by atoms with E-state index < -0.39 is 21.4 Å². The number of methoxy groups -OCH3 is 1. The van der Waals surface area contributed by atoms with Gasteiger partial charge in [-0.25, -0.2) is 28.1 Å². The van der Waals surface area contributed by atoms with Crippen LogP contribution in [0.25, 0.3) is 11.2 Å². The van der Waals surface area contributed by atoms with E-state index >= 15 is 0 Å². The van der Waals surface area contributed by atoms with Crippen molar-refractivity contribution in [3.63, 3.8) is 0 Å². The zero-order valence-corrected chi connectivity index (χ0v) is 20.0. The quantitative estimate of drug-likeness (QED) is 0.424. The minimum atomic E-state index is -3.35. The van der Waals surface area contributed by atoms with Gasteiger partial charge in [0.1, 0.15) is 15.2 Å². The fourth-order valence-corrected chi connectivity index (χ4v) is 4.94. The summed E-state index contributed by atoms with van der Waals surface area (Å²) in [5.74, 6) is 0.0580. The van der Waals surface area contributed by atoms with E-state index in [0.29, 0.717) is 6.42 Å². The lowest BCUT2D eigenvalue weighted by molar-refractivity contribution is 0.160. The van der Waals surface area contributed by atoms with Gasteiger partial charge < -0.3 is 9.64 Å². The molecule has 2 heterocycles. The first-order chi connectivity index (χ1) is 15.6. The number of nitrogens with one attached hydrogen (secondary N) is 3. The number of fused-ring (bicyclic) bond motifs is 1. The normalized spacial score (nSPS) is 13.2. The number of imidazole rings is 1. The van der Waals surface area contributed by atoms with Crippen LogP contribution in [0.1, 0.15) is 24.5 Å². The number of carbonyl (C=O) groups excluding carboxylic acids is 1. The van der Waals surface area contributed by atoms with E-state index in [4.69, 9.17) is 14.9 Å². The molecule has 33 heavy (non-hydrogen) atoms. The Morgan fingerprint density at radius 3 is 2.58 bits per heavy atom. The highest BCUT2D eigenvalue weighted by Gasteiger charge is 2.25. The van der Waals surface area contributed by atoms with Gasteiger partial charge in [0.15, 0.2) is 11.1 Å². The fourth-order valence-electron chi connectivity index (χ4n) is 3.43. The molecule has 3 N–H and O–H groups in total. The first-order valence-corrected chi connectivity index (χ1v) is 12.2.